The van der Waals surface area contributed by atoms with Crippen LogP contribution in [0.4, 0.5) is 11.8 Å². The van der Waals surface area contributed by atoms with Gasteiger partial charge in [0.2, 0.25) is 5.95 Å². The smallest absolute Gasteiger partial charge is 0.225 e. The van der Waals surface area contributed by atoms with Crippen molar-refractivity contribution in [2.24, 2.45) is 7.05 Å². The molecule has 1 atom stereocenters. The van der Waals surface area contributed by atoms with Gasteiger partial charge in [-0.15, -0.1) is 0 Å². The minimum atomic E-state index is -1.15. The number of hydrogen-bond donors (Lipinski definition) is 1. The standard InChI is InChI=1S/C26H27N9O/c1-26(36,21-6-4-3-5-7-21)22-14-27-25(28-15-22)34-10-8-33(9-11-34)24-23-12-19(17-35(23)31-18-29-24)20-13-30-32(2)16-20/h3-7,12-18,36H,8-11H2,1-2H3/t26-/m1/s1. The number of piperazine rings is 1. The van der Waals surface area contributed by atoms with Gasteiger partial charge in [-0.3, -0.25) is 4.68 Å². The number of aryl methyl sites for hydroxylation is 1. The molecule has 10 heteroatoms. The molecule has 4 aromatic heterocycles. The summed E-state index contributed by atoms with van der Waals surface area (Å²) in [7, 11) is 1.91. The molecule has 0 spiro atoms. The monoisotopic (exact) mass is 481 g/mol. The second-order valence-corrected chi connectivity index (χ2v) is 9.23. The Hall–Kier alpha value is -4.31. The number of aliphatic hydroxyl groups is 1. The Morgan fingerprint density at radius 3 is 2.22 bits per heavy atom. The maximum Gasteiger partial charge on any atom is 0.225 e. The Labute approximate surface area is 208 Å². The van der Waals surface area contributed by atoms with Gasteiger partial charge >= 0.3 is 0 Å². The molecule has 1 aliphatic heterocycles. The van der Waals surface area contributed by atoms with E-state index in [1.807, 2.05) is 60.5 Å². The number of hydrogen-bond acceptors (Lipinski definition) is 8. The normalized spacial score (nSPS) is 15.9. The van der Waals surface area contributed by atoms with Crippen LogP contribution < -0.4 is 9.80 Å². The van der Waals surface area contributed by atoms with Crippen LogP contribution >= 0.6 is 0 Å². The zero-order chi connectivity index (χ0) is 24.7. The summed E-state index contributed by atoms with van der Waals surface area (Å²) >= 11 is 0. The first kappa shape index (κ1) is 22.2. The summed E-state index contributed by atoms with van der Waals surface area (Å²) < 4.78 is 3.66. The summed E-state index contributed by atoms with van der Waals surface area (Å²) in [5, 5.41) is 19.7. The zero-order valence-electron chi connectivity index (χ0n) is 20.2. The Morgan fingerprint density at radius 2 is 1.53 bits per heavy atom. The van der Waals surface area contributed by atoms with Gasteiger partial charge < -0.3 is 14.9 Å². The molecule has 6 rings (SSSR count). The van der Waals surface area contributed by atoms with Gasteiger partial charge in [0, 0.05) is 74.7 Å². The SMILES string of the molecule is Cn1cc(-c2cc3c(N4CCN(c5ncc([C@](C)(O)c6ccccc6)cn5)CC4)ncnn3c2)cn1. The van der Waals surface area contributed by atoms with Gasteiger partial charge in [0.25, 0.3) is 0 Å². The van der Waals surface area contributed by atoms with Crippen LogP contribution in [0.3, 0.4) is 0 Å². The van der Waals surface area contributed by atoms with Crippen LogP contribution in [0, 0.1) is 0 Å². The Balaban J connectivity index is 1.17. The average molecular weight is 482 g/mol. The first-order chi connectivity index (χ1) is 17.5. The lowest BCUT2D eigenvalue weighted by Gasteiger charge is -2.35. The first-order valence-electron chi connectivity index (χ1n) is 11.9. The van der Waals surface area contributed by atoms with Crippen molar-refractivity contribution in [1.29, 1.82) is 0 Å². The lowest BCUT2D eigenvalue weighted by molar-refractivity contribution is 0.101. The van der Waals surface area contributed by atoms with Crippen LogP contribution in [0.1, 0.15) is 18.1 Å². The van der Waals surface area contributed by atoms with E-state index in [1.54, 1.807) is 30.3 Å². The molecule has 1 saturated heterocycles. The van der Waals surface area contributed by atoms with E-state index >= 15 is 0 Å². The van der Waals surface area contributed by atoms with E-state index < -0.39 is 5.60 Å². The largest absolute Gasteiger partial charge is 0.381 e. The zero-order valence-corrected chi connectivity index (χ0v) is 20.2. The van der Waals surface area contributed by atoms with Crippen molar-refractivity contribution in [3.8, 4) is 11.1 Å². The fourth-order valence-corrected chi connectivity index (χ4v) is 4.67. The van der Waals surface area contributed by atoms with Crippen LogP contribution in [0.15, 0.2) is 73.7 Å². The lowest BCUT2D eigenvalue weighted by atomic mass is 9.90. The van der Waals surface area contributed by atoms with Gasteiger partial charge in [0.1, 0.15) is 17.4 Å². The van der Waals surface area contributed by atoms with Gasteiger partial charge in [-0.25, -0.2) is 19.5 Å². The van der Waals surface area contributed by atoms with E-state index in [2.05, 4.69) is 41.0 Å². The molecule has 5 aromatic rings. The summed E-state index contributed by atoms with van der Waals surface area (Å²) in [6.45, 7) is 4.87. The highest BCUT2D eigenvalue weighted by atomic mass is 16.3. The molecule has 5 heterocycles. The predicted octanol–water partition coefficient (Wildman–Crippen LogP) is 2.50. The minimum Gasteiger partial charge on any atom is -0.381 e. The number of benzene rings is 1. The molecule has 0 unspecified atom stereocenters. The van der Waals surface area contributed by atoms with E-state index in [0.29, 0.717) is 11.5 Å². The molecular formula is C26H27N9O. The van der Waals surface area contributed by atoms with Crippen LogP contribution in [0.25, 0.3) is 16.6 Å². The third kappa shape index (κ3) is 3.95. The Kier molecular flexibility index (Phi) is 5.37. The molecular weight excluding hydrogens is 454 g/mol. The molecule has 182 valence electrons. The van der Waals surface area contributed by atoms with Crippen molar-refractivity contribution < 1.29 is 5.11 Å². The average Bonchev–Trinajstić information content (AvgIpc) is 3.55. The van der Waals surface area contributed by atoms with E-state index in [4.69, 9.17) is 0 Å². The van der Waals surface area contributed by atoms with Gasteiger partial charge in [-0.1, -0.05) is 30.3 Å². The molecule has 0 saturated carbocycles. The van der Waals surface area contributed by atoms with Crippen molar-refractivity contribution in [2.75, 3.05) is 36.0 Å². The molecule has 1 N–H and O–H groups in total. The number of nitrogens with zero attached hydrogens (tertiary/aromatic N) is 9. The van der Waals surface area contributed by atoms with E-state index in [0.717, 1.165) is 54.2 Å². The number of aromatic nitrogens is 7. The fraction of sp³-hybridized carbons (Fsp3) is 0.269. The highest BCUT2D eigenvalue weighted by Gasteiger charge is 2.27. The Bertz CT molecular complexity index is 1480. The number of anilines is 2. The summed E-state index contributed by atoms with van der Waals surface area (Å²) in [6.07, 6.45) is 10.9. The molecule has 10 nitrogen and oxygen atoms in total. The summed E-state index contributed by atoms with van der Waals surface area (Å²) in [5.41, 5.74) is 3.39. The number of fused-ring (bicyclic) bond motifs is 1. The molecule has 1 fully saturated rings. The summed E-state index contributed by atoms with van der Waals surface area (Å²) in [6, 6.07) is 11.7. The van der Waals surface area contributed by atoms with Crippen molar-refractivity contribution in [1.82, 2.24) is 34.3 Å². The van der Waals surface area contributed by atoms with Crippen molar-refractivity contribution in [3.63, 3.8) is 0 Å². The van der Waals surface area contributed by atoms with Crippen molar-refractivity contribution in [3.05, 3.63) is 84.8 Å². The number of rotatable bonds is 5. The highest BCUT2D eigenvalue weighted by Crippen LogP contribution is 2.29. The predicted molar refractivity (Wildman–Crippen MR) is 137 cm³/mol. The fourth-order valence-electron chi connectivity index (χ4n) is 4.67. The molecule has 0 bridgehead atoms. The molecule has 0 aliphatic carbocycles. The molecule has 36 heavy (non-hydrogen) atoms. The van der Waals surface area contributed by atoms with Gasteiger partial charge in [-0.05, 0) is 18.6 Å². The van der Waals surface area contributed by atoms with Gasteiger partial charge in [-0.2, -0.15) is 10.2 Å². The lowest BCUT2D eigenvalue weighted by Crippen LogP contribution is -2.47. The quantitative estimate of drug-likeness (QED) is 0.409. The van der Waals surface area contributed by atoms with Gasteiger partial charge in [0.05, 0.1) is 6.20 Å². The second kappa shape index (κ2) is 8.72. The molecule has 0 radical (unpaired) electrons. The summed E-state index contributed by atoms with van der Waals surface area (Å²) in [4.78, 5) is 18.2. The summed E-state index contributed by atoms with van der Waals surface area (Å²) in [5.74, 6) is 1.58. The molecule has 1 aliphatic rings. The van der Waals surface area contributed by atoms with E-state index in [-0.39, 0.29) is 0 Å². The third-order valence-corrected chi connectivity index (χ3v) is 6.82. The molecule has 0 amide bonds. The van der Waals surface area contributed by atoms with Crippen LogP contribution in [0.2, 0.25) is 0 Å². The molecule has 1 aromatic carbocycles. The minimum absolute atomic E-state index is 0.664. The van der Waals surface area contributed by atoms with Gasteiger partial charge in [0.15, 0.2) is 5.82 Å². The Morgan fingerprint density at radius 1 is 0.806 bits per heavy atom. The van der Waals surface area contributed by atoms with Crippen LogP contribution in [-0.4, -0.2) is 65.6 Å². The first-order valence-corrected chi connectivity index (χ1v) is 11.9. The van der Waals surface area contributed by atoms with Crippen molar-refractivity contribution >= 4 is 17.3 Å². The van der Waals surface area contributed by atoms with E-state index in [9.17, 15) is 5.11 Å². The van der Waals surface area contributed by atoms with Crippen LogP contribution in [-0.2, 0) is 12.6 Å². The highest BCUT2D eigenvalue weighted by molar-refractivity contribution is 5.77. The van der Waals surface area contributed by atoms with E-state index in [1.165, 1.54) is 0 Å². The van der Waals surface area contributed by atoms with Crippen molar-refractivity contribution in [2.45, 2.75) is 12.5 Å². The maximum absolute atomic E-state index is 11.1. The third-order valence-electron chi connectivity index (χ3n) is 6.82. The topological polar surface area (TPSA) is 100 Å². The second-order valence-electron chi connectivity index (χ2n) is 9.23. The maximum atomic E-state index is 11.1. The van der Waals surface area contributed by atoms with Crippen LogP contribution in [0.5, 0.6) is 0 Å².